The van der Waals surface area contributed by atoms with Crippen molar-refractivity contribution in [1.29, 1.82) is 0 Å². The van der Waals surface area contributed by atoms with Crippen molar-refractivity contribution in [3.05, 3.63) is 23.7 Å². The number of furan rings is 1. The zero-order valence-electron chi connectivity index (χ0n) is 10.2. The van der Waals surface area contributed by atoms with E-state index in [-0.39, 0.29) is 17.8 Å². The van der Waals surface area contributed by atoms with Crippen LogP contribution in [0.1, 0.15) is 29.5 Å². The molecule has 1 rings (SSSR count). The molecule has 0 bridgehead atoms. The zero-order valence-corrected chi connectivity index (χ0v) is 10.2. The van der Waals surface area contributed by atoms with Gasteiger partial charge in [-0.2, -0.15) is 0 Å². The number of amidine groups is 1. The van der Waals surface area contributed by atoms with Gasteiger partial charge in [-0.25, -0.2) is 0 Å². The summed E-state index contributed by atoms with van der Waals surface area (Å²) in [5.74, 6) is 0.631. The van der Waals surface area contributed by atoms with Gasteiger partial charge < -0.3 is 20.3 Å². The highest BCUT2D eigenvalue weighted by Gasteiger charge is 2.19. The third kappa shape index (κ3) is 3.24. The minimum Gasteiger partial charge on any atom is -0.469 e. The highest BCUT2D eigenvalue weighted by Crippen LogP contribution is 2.11. The molecule has 17 heavy (non-hydrogen) atoms. The molecule has 1 unspecified atom stereocenters. The van der Waals surface area contributed by atoms with Crippen LogP contribution in [-0.2, 0) is 0 Å². The van der Waals surface area contributed by atoms with Crippen LogP contribution in [0.15, 0.2) is 21.9 Å². The lowest BCUT2D eigenvalue weighted by molar-refractivity contribution is 0.0746. The molecule has 0 aliphatic carbocycles. The Morgan fingerprint density at radius 2 is 2.35 bits per heavy atom. The van der Waals surface area contributed by atoms with Crippen molar-refractivity contribution in [1.82, 2.24) is 4.90 Å². The SMILES string of the molecule is Cc1cc(C(=O)N(C)C(C)CC(N)=NO)co1. The van der Waals surface area contributed by atoms with Crippen molar-refractivity contribution in [2.24, 2.45) is 10.9 Å². The first-order valence-electron chi connectivity index (χ1n) is 5.24. The third-order valence-electron chi connectivity index (χ3n) is 2.59. The first kappa shape index (κ1) is 13.1. The Hall–Kier alpha value is -1.98. The van der Waals surface area contributed by atoms with E-state index >= 15 is 0 Å². The maximum absolute atomic E-state index is 12.0. The van der Waals surface area contributed by atoms with Gasteiger partial charge in [0.25, 0.3) is 5.91 Å². The second-order valence-electron chi connectivity index (χ2n) is 4.01. The molecule has 0 saturated heterocycles. The first-order chi connectivity index (χ1) is 7.95. The molecule has 0 radical (unpaired) electrons. The van der Waals surface area contributed by atoms with E-state index in [1.807, 2.05) is 6.92 Å². The Kier molecular flexibility index (Phi) is 4.14. The molecule has 0 aliphatic rings. The summed E-state index contributed by atoms with van der Waals surface area (Å²) in [5, 5.41) is 11.4. The van der Waals surface area contributed by atoms with Gasteiger partial charge in [-0.3, -0.25) is 4.79 Å². The highest BCUT2D eigenvalue weighted by atomic mass is 16.4. The lowest BCUT2D eigenvalue weighted by atomic mass is 10.1. The Labute approximate surface area is 99.7 Å². The van der Waals surface area contributed by atoms with Crippen LogP contribution in [0, 0.1) is 6.92 Å². The van der Waals surface area contributed by atoms with Gasteiger partial charge in [0.2, 0.25) is 0 Å². The topological polar surface area (TPSA) is 92.1 Å². The third-order valence-corrected chi connectivity index (χ3v) is 2.59. The van der Waals surface area contributed by atoms with Crippen LogP contribution in [-0.4, -0.2) is 34.9 Å². The highest BCUT2D eigenvalue weighted by molar-refractivity contribution is 5.94. The number of carbonyl (C=O) groups is 1. The first-order valence-corrected chi connectivity index (χ1v) is 5.24. The quantitative estimate of drug-likeness (QED) is 0.357. The van der Waals surface area contributed by atoms with Crippen molar-refractivity contribution in [2.75, 3.05) is 7.05 Å². The van der Waals surface area contributed by atoms with Crippen molar-refractivity contribution < 1.29 is 14.4 Å². The minimum absolute atomic E-state index is 0.0977. The van der Waals surface area contributed by atoms with E-state index in [1.165, 1.54) is 11.2 Å². The molecule has 0 fully saturated rings. The Bertz CT molecular complexity index is 425. The Morgan fingerprint density at radius 1 is 1.71 bits per heavy atom. The summed E-state index contributed by atoms with van der Waals surface area (Å²) >= 11 is 0. The van der Waals surface area contributed by atoms with Crippen molar-refractivity contribution in [2.45, 2.75) is 26.3 Å². The number of nitrogens with two attached hydrogens (primary N) is 1. The molecule has 1 aromatic rings. The van der Waals surface area contributed by atoms with Gasteiger partial charge >= 0.3 is 0 Å². The summed E-state index contributed by atoms with van der Waals surface area (Å²) in [5.41, 5.74) is 5.89. The molecule has 94 valence electrons. The largest absolute Gasteiger partial charge is 0.469 e. The molecule has 0 aromatic carbocycles. The van der Waals surface area contributed by atoms with E-state index in [9.17, 15) is 4.79 Å². The minimum atomic E-state index is -0.159. The fourth-order valence-corrected chi connectivity index (χ4v) is 1.44. The molecule has 0 saturated carbocycles. The molecule has 0 spiro atoms. The van der Waals surface area contributed by atoms with Crippen molar-refractivity contribution in [3.63, 3.8) is 0 Å². The standard InChI is InChI=1S/C11H17N3O3/c1-7(4-10(12)13-16)14(3)11(15)9-5-8(2)17-6-9/h5-7,16H,4H2,1-3H3,(H2,12,13). The number of amides is 1. The summed E-state index contributed by atoms with van der Waals surface area (Å²) in [6, 6.07) is 1.52. The number of nitrogens with zero attached hydrogens (tertiary/aromatic N) is 2. The molecule has 6 nitrogen and oxygen atoms in total. The predicted molar refractivity (Wildman–Crippen MR) is 63.0 cm³/mol. The maximum Gasteiger partial charge on any atom is 0.257 e. The molecule has 3 N–H and O–H groups in total. The van der Waals surface area contributed by atoms with Crippen LogP contribution < -0.4 is 5.73 Å². The number of hydrogen-bond acceptors (Lipinski definition) is 4. The van der Waals surface area contributed by atoms with Gasteiger partial charge in [-0.1, -0.05) is 5.16 Å². The lowest BCUT2D eigenvalue weighted by Crippen LogP contribution is -2.37. The fraction of sp³-hybridized carbons (Fsp3) is 0.455. The molecular formula is C11H17N3O3. The van der Waals surface area contributed by atoms with Gasteiger partial charge in [0, 0.05) is 19.5 Å². The molecule has 1 amide bonds. The number of hydrogen-bond donors (Lipinski definition) is 2. The fourth-order valence-electron chi connectivity index (χ4n) is 1.44. The smallest absolute Gasteiger partial charge is 0.257 e. The second-order valence-corrected chi connectivity index (χ2v) is 4.01. The average molecular weight is 239 g/mol. The normalized spacial score (nSPS) is 13.5. The average Bonchev–Trinajstić information content (AvgIpc) is 2.73. The summed E-state index contributed by atoms with van der Waals surface area (Å²) in [7, 11) is 1.67. The Balaban J connectivity index is 2.69. The van der Waals surface area contributed by atoms with E-state index in [4.69, 9.17) is 15.4 Å². The van der Waals surface area contributed by atoms with E-state index in [1.54, 1.807) is 20.0 Å². The lowest BCUT2D eigenvalue weighted by Gasteiger charge is -2.23. The second kappa shape index (κ2) is 5.38. The van der Waals surface area contributed by atoms with Gasteiger partial charge in [0.1, 0.15) is 17.9 Å². The van der Waals surface area contributed by atoms with Crippen LogP contribution in [0.2, 0.25) is 0 Å². The molecule has 1 heterocycles. The van der Waals surface area contributed by atoms with E-state index in [2.05, 4.69) is 5.16 Å². The van der Waals surface area contributed by atoms with Crippen LogP contribution in [0.5, 0.6) is 0 Å². The predicted octanol–water partition coefficient (Wildman–Crippen LogP) is 1.19. The summed E-state index contributed by atoms with van der Waals surface area (Å²) < 4.78 is 5.08. The van der Waals surface area contributed by atoms with E-state index in [0.717, 1.165) is 0 Å². The summed E-state index contributed by atoms with van der Waals surface area (Å²) in [4.78, 5) is 13.5. The monoisotopic (exact) mass is 239 g/mol. The molecule has 0 aliphatic heterocycles. The number of carbonyl (C=O) groups excluding carboxylic acids is 1. The van der Waals surface area contributed by atoms with Gasteiger partial charge in [0.15, 0.2) is 0 Å². The van der Waals surface area contributed by atoms with Crippen LogP contribution in [0.25, 0.3) is 0 Å². The molecule has 1 atom stereocenters. The van der Waals surface area contributed by atoms with E-state index < -0.39 is 0 Å². The molecular weight excluding hydrogens is 222 g/mol. The van der Waals surface area contributed by atoms with Crippen molar-refractivity contribution >= 4 is 11.7 Å². The van der Waals surface area contributed by atoms with Crippen molar-refractivity contribution in [3.8, 4) is 0 Å². The zero-order chi connectivity index (χ0) is 13.0. The molecule has 1 aromatic heterocycles. The van der Waals surface area contributed by atoms with E-state index in [0.29, 0.717) is 17.7 Å². The van der Waals surface area contributed by atoms with Crippen LogP contribution in [0.3, 0.4) is 0 Å². The van der Waals surface area contributed by atoms with Crippen LogP contribution in [0.4, 0.5) is 0 Å². The summed E-state index contributed by atoms with van der Waals surface area (Å²) in [6.07, 6.45) is 1.74. The number of aryl methyl sites for hydroxylation is 1. The van der Waals surface area contributed by atoms with Gasteiger partial charge in [0.05, 0.1) is 5.56 Å². The maximum atomic E-state index is 12.0. The number of rotatable bonds is 4. The van der Waals surface area contributed by atoms with Gasteiger partial charge in [-0.05, 0) is 19.9 Å². The van der Waals surface area contributed by atoms with Crippen LogP contribution >= 0.6 is 0 Å². The number of oxime groups is 1. The Morgan fingerprint density at radius 3 is 2.82 bits per heavy atom. The molecule has 6 heteroatoms. The summed E-state index contributed by atoms with van der Waals surface area (Å²) in [6.45, 7) is 3.60. The van der Waals surface area contributed by atoms with Gasteiger partial charge in [-0.15, -0.1) is 0 Å².